The fourth-order valence-electron chi connectivity index (χ4n) is 1.76. The van der Waals surface area contributed by atoms with Crippen LogP contribution in [-0.4, -0.2) is 15.5 Å². The predicted octanol–water partition coefficient (Wildman–Crippen LogP) is 2.77. The summed E-state index contributed by atoms with van der Waals surface area (Å²) >= 11 is 0. The van der Waals surface area contributed by atoms with Gasteiger partial charge in [0.15, 0.2) is 0 Å². The molecule has 4 nitrogen and oxygen atoms in total. The van der Waals surface area contributed by atoms with E-state index in [4.69, 9.17) is 4.74 Å². The van der Waals surface area contributed by atoms with Gasteiger partial charge < -0.3 is 4.74 Å². The van der Waals surface area contributed by atoms with Crippen LogP contribution >= 0.6 is 0 Å². The molecule has 106 valence electrons. The summed E-state index contributed by atoms with van der Waals surface area (Å²) in [6.45, 7) is 0.260. The van der Waals surface area contributed by atoms with Crippen LogP contribution in [0, 0.1) is 5.82 Å². The van der Waals surface area contributed by atoms with Crippen molar-refractivity contribution in [2.75, 3.05) is 11.8 Å². The number of hydrogen-bond donors (Lipinski definition) is 1. The third-order valence-electron chi connectivity index (χ3n) is 2.69. The number of rotatable bonds is 5. The maximum absolute atomic E-state index is 13.6. The third-order valence-corrected chi connectivity index (χ3v) is 4.09. The molecule has 0 aromatic heterocycles. The Morgan fingerprint density at radius 1 is 1.10 bits per heavy atom. The van der Waals surface area contributed by atoms with Gasteiger partial charge in [-0.25, -0.2) is 12.8 Å². The zero-order valence-electron chi connectivity index (χ0n) is 10.8. The summed E-state index contributed by atoms with van der Waals surface area (Å²) in [7, 11) is -2.45. The Labute approximate surface area is 117 Å². The molecule has 0 aliphatic heterocycles. The SMILES string of the molecule is COCc1ccccc1NS(=O)(=O)c1ccccc1F. The van der Waals surface area contributed by atoms with Gasteiger partial charge in [0, 0.05) is 12.7 Å². The molecule has 0 aliphatic carbocycles. The molecule has 0 spiro atoms. The van der Waals surface area contributed by atoms with E-state index >= 15 is 0 Å². The monoisotopic (exact) mass is 295 g/mol. The molecule has 2 rings (SSSR count). The van der Waals surface area contributed by atoms with Gasteiger partial charge in [-0.1, -0.05) is 30.3 Å². The maximum atomic E-state index is 13.6. The average molecular weight is 295 g/mol. The fraction of sp³-hybridized carbons (Fsp3) is 0.143. The maximum Gasteiger partial charge on any atom is 0.264 e. The van der Waals surface area contributed by atoms with Gasteiger partial charge in [0.05, 0.1) is 12.3 Å². The van der Waals surface area contributed by atoms with E-state index in [-0.39, 0.29) is 11.5 Å². The van der Waals surface area contributed by atoms with Gasteiger partial charge in [0.25, 0.3) is 10.0 Å². The molecule has 0 heterocycles. The number of halogens is 1. The number of anilines is 1. The van der Waals surface area contributed by atoms with Crippen molar-refractivity contribution in [1.29, 1.82) is 0 Å². The summed E-state index contributed by atoms with van der Waals surface area (Å²) in [5.74, 6) is -0.788. The van der Waals surface area contributed by atoms with Crippen LogP contribution in [0.3, 0.4) is 0 Å². The van der Waals surface area contributed by atoms with E-state index in [9.17, 15) is 12.8 Å². The number of methoxy groups -OCH3 is 1. The van der Waals surface area contributed by atoms with E-state index in [1.165, 1.54) is 25.3 Å². The van der Waals surface area contributed by atoms with E-state index in [1.807, 2.05) is 0 Å². The highest BCUT2D eigenvalue weighted by Gasteiger charge is 2.19. The van der Waals surface area contributed by atoms with Crippen LogP contribution in [0.1, 0.15) is 5.56 Å². The number of para-hydroxylation sites is 1. The average Bonchev–Trinajstić information content (AvgIpc) is 2.41. The molecular formula is C14H14FNO3S. The van der Waals surface area contributed by atoms with Crippen LogP contribution in [0.15, 0.2) is 53.4 Å². The summed E-state index contributed by atoms with van der Waals surface area (Å²) < 4.78 is 45.4. The Hall–Kier alpha value is -1.92. The van der Waals surface area contributed by atoms with Crippen molar-refractivity contribution >= 4 is 15.7 Å². The van der Waals surface area contributed by atoms with Gasteiger partial charge in [-0.15, -0.1) is 0 Å². The lowest BCUT2D eigenvalue weighted by molar-refractivity contribution is 0.185. The van der Waals surface area contributed by atoms with Gasteiger partial charge in [0.2, 0.25) is 0 Å². The second-order valence-electron chi connectivity index (χ2n) is 4.13. The van der Waals surface area contributed by atoms with Crippen LogP contribution < -0.4 is 4.72 Å². The van der Waals surface area contributed by atoms with Crippen molar-refractivity contribution in [3.8, 4) is 0 Å². The lowest BCUT2D eigenvalue weighted by Crippen LogP contribution is -2.15. The van der Waals surface area contributed by atoms with Crippen molar-refractivity contribution < 1.29 is 17.5 Å². The molecule has 0 unspecified atom stereocenters. The highest BCUT2D eigenvalue weighted by molar-refractivity contribution is 7.92. The normalized spacial score (nSPS) is 11.3. The Morgan fingerprint density at radius 2 is 1.75 bits per heavy atom. The first kappa shape index (κ1) is 14.5. The number of hydrogen-bond acceptors (Lipinski definition) is 3. The highest BCUT2D eigenvalue weighted by Crippen LogP contribution is 2.22. The summed E-state index contributed by atoms with van der Waals surface area (Å²) in [4.78, 5) is -0.382. The molecule has 2 aromatic carbocycles. The molecule has 20 heavy (non-hydrogen) atoms. The minimum absolute atomic E-state index is 0.260. The topological polar surface area (TPSA) is 55.4 Å². The van der Waals surface area contributed by atoms with Crippen molar-refractivity contribution in [1.82, 2.24) is 0 Å². The molecule has 0 radical (unpaired) electrons. The lowest BCUT2D eigenvalue weighted by Gasteiger charge is -2.12. The molecular weight excluding hydrogens is 281 g/mol. The van der Waals surface area contributed by atoms with Crippen LogP contribution in [0.4, 0.5) is 10.1 Å². The van der Waals surface area contributed by atoms with Crippen molar-refractivity contribution in [3.63, 3.8) is 0 Å². The van der Waals surface area contributed by atoms with E-state index in [0.717, 1.165) is 6.07 Å². The first-order chi connectivity index (χ1) is 9.54. The first-order valence-electron chi connectivity index (χ1n) is 5.89. The molecule has 0 saturated carbocycles. The van der Waals surface area contributed by atoms with Gasteiger partial charge in [0.1, 0.15) is 10.7 Å². The van der Waals surface area contributed by atoms with E-state index in [1.54, 1.807) is 24.3 Å². The molecule has 2 aromatic rings. The highest BCUT2D eigenvalue weighted by atomic mass is 32.2. The van der Waals surface area contributed by atoms with Gasteiger partial charge in [-0.2, -0.15) is 0 Å². The zero-order valence-corrected chi connectivity index (χ0v) is 11.7. The number of benzene rings is 2. The Morgan fingerprint density at radius 3 is 2.45 bits per heavy atom. The Bertz CT molecular complexity index is 701. The van der Waals surface area contributed by atoms with Crippen molar-refractivity contribution in [3.05, 3.63) is 59.9 Å². The number of ether oxygens (including phenoxy) is 1. The number of sulfonamides is 1. The minimum atomic E-state index is -3.97. The third kappa shape index (κ3) is 3.15. The van der Waals surface area contributed by atoms with E-state index < -0.39 is 15.8 Å². The molecule has 0 bridgehead atoms. The van der Waals surface area contributed by atoms with E-state index in [2.05, 4.69) is 4.72 Å². The van der Waals surface area contributed by atoms with Crippen LogP contribution in [0.2, 0.25) is 0 Å². The summed E-state index contributed by atoms with van der Waals surface area (Å²) in [6.07, 6.45) is 0. The van der Waals surface area contributed by atoms with Crippen LogP contribution in [0.25, 0.3) is 0 Å². The van der Waals surface area contributed by atoms with Gasteiger partial charge in [-0.3, -0.25) is 4.72 Å². The Balaban J connectivity index is 2.37. The second kappa shape index (κ2) is 6.02. The molecule has 0 fully saturated rings. The predicted molar refractivity (Wildman–Crippen MR) is 74.4 cm³/mol. The standard InChI is InChI=1S/C14H14FNO3S/c1-19-10-11-6-2-4-8-13(11)16-20(17,18)14-9-5-3-7-12(14)15/h2-9,16H,10H2,1H3. The smallest absolute Gasteiger partial charge is 0.264 e. The largest absolute Gasteiger partial charge is 0.380 e. The minimum Gasteiger partial charge on any atom is -0.380 e. The van der Waals surface area contributed by atoms with Crippen LogP contribution in [-0.2, 0) is 21.4 Å². The molecule has 0 atom stereocenters. The molecule has 1 N–H and O–H groups in total. The molecule has 0 aliphatic rings. The molecule has 0 saturated heterocycles. The lowest BCUT2D eigenvalue weighted by atomic mass is 10.2. The molecule has 6 heteroatoms. The fourth-order valence-corrected chi connectivity index (χ4v) is 2.94. The zero-order chi connectivity index (χ0) is 14.6. The Kier molecular flexibility index (Phi) is 4.36. The quantitative estimate of drug-likeness (QED) is 0.923. The summed E-state index contributed by atoms with van der Waals surface area (Å²) in [6, 6.07) is 12.0. The van der Waals surface area contributed by atoms with E-state index in [0.29, 0.717) is 11.3 Å². The summed E-state index contributed by atoms with van der Waals surface area (Å²) in [5, 5.41) is 0. The van der Waals surface area contributed by atoms with Gasteiger partial charge in [-0.05, 0) is 18.2 Å². The summed E-state index contributed by atoms with van der Waals surface area (Å²) in [5.41, 5.74) is 1.05. The number of nitrogens with one attached hydrogen (secondary N) is 1. The first-order valence-corrected chi connectivity index (χ1v) is 7.37. The van der Waals surface area contributed by atoms with Crippen molar-refractivity contribution in [2.45, 2.75) is 11.5 Å². The molecule has 0 amide bonds. The second-order valence-corrected chi connectivity index (χ2v) is 5.78. The van der Waals surface area contributed by atoms with Crippen molar-refractivity contribution in [2.24, 2.45) is 0 Å². The van der Waals surface area contributed by atoms with Crippen LogP contribution in [0.5, 0.6) is 0 Å². The van der Waals surface area contributed by atoms with Gasteiger partial charge >= 0.3 is 0 Å².